The van der Waals surface area contributed by atoms with Gasteiger partial charge in [0.25, 0.3) is 0 Å². The number of carbonyl (C=O) groups is 2. The minimum absolute atomic E-state index is 0.171. The van der Waals surface area contributed by atoms with Crippen LogP contribution in [-0.4, -0.2) is 31.6 Å². The number of urea groups is 1. The van der Waals surface area contributed by atoms with Crippen LogP contribution in [-0.2, 0) is 5.41 Å². The van der Waals surface area contributed by atoms with Crippen molar-refractivity contribution in [3.63, 3.8) is 0 Å². The first kappa shape index (κ1) is 20.1. The fourth-order valence-corrected chi connectivity index (χ4v) is 3.01. The number of carbonyl (C=O) groups excluding carboxylic acids is 1. The van der Waals surface area contributed by atoms with E-state index in [1.807, 2.05) is 32.9 Å². The Morgan fingerprint density at radius 3 is 2.45 bits per heavy atom. The van der Waals surface area contributed by atoms with Crippen molar-refractivity contribution in [3.05, 3.63) is 66.2 Å². The van der Waals surface area contributed by atoms with Crippen LogP contribution in [0.1, 0.15) is 36.9 Å². The number of hydrogen-bond acceptors (Lipinski definition) is 5. The Morgan fingerprint density at radius 1 is 1.06 bits per heavy atom. The van der Waals surface area contributed by atoms with Gasteiger partial charge in [-0.3, -0.25) is 9.72 Å². The molecule has 0 aliphatic rings. The number of pyridine rings is 1. The summed E-state index contributed by atoms with van der Waals surface area (Å²) in [5, 5.41) is 18.5. The van der Waals surface area contributed by atoms with Crippen molar-refractivity contribution in [2.24, 2.45) is 0 Å². The molecule has 0 saturated heterocycles. The molecule has 4 rings (SSSR count). The molecule has 2 amide bonds. The van der Waals surface area contributed by atoms with Gasteiger partial charge in [0.2, 0.25) is 0 Å². The number of nitrogens with zero attached hydrogens (tertiary/aromatic N) is 3. The Kier molecular flexibility index (Phi) is 4.94. The molecule has 0 radical (unpaired) electrons. The second kappa shape index (κ2) is 7.60. The number of amides is 2. The third-order valence-corrected chi connectivity index (χ3v) is 4.68. The molecule has 3 heterocycles. The van der Waals surface area contributed by atoms with E-state index >= 15 is 0 Å². The first-order chi connectivity index (χ1) is 14.7. The summed E-state index contributed by atoms with van der Waals surface area (Å²) in [7, 11) is 0. The van der Waals surface area contributed by atoms with Crippen LogP contribution in [0, 0.1) is 0 Å². The van der Waals surface area contributed by atoms with E-state index in [1.165, 1.54) is 12.3 Å². The van der Waals surface area contributed by atoms with Gasteiger partial charge in [-0.25, -0.2) is 14.6 Å². The van der Waals surface area contributed by atoms with Crippen molar-refractivity contribution in [3.8, 4) is 11.3 Å². The van der Waals surface area contributed by atoms with E-state index in [-0.39, 0.29) is 11.0 Å². The van der Waals surface area contributed by atoms with Crippen LogP contribution >= 0.6 is 0 Å². The zero-order valence-corrected chi connectivity index (χ0v) is 17.2. The minimum Gasteiger partial charge on any atom is -0.478 e. The highest BCUT2D eigenvalue weighted by atomic mass is 16.5. The summed E-state index contributed by atoms with van der Waals surface area (Å²) in [4.78, 5) is 27.8. The number of aromatic nitrogens is 3. The molecule has 31 heavy (non-hydrogen) atoms. The zero-order chi connectivity index (χ0) is 22.2. The highest BCUT2D eigenvalue weighted by Gasteiger charge is 2.20. The van der Waals surface area contributed by atoms with Gasteiger partial charge in [0.05, 0.1) is 17.5 Å². The van der Waals surface area contributed by atoms with Gasteiger partial charge >= 0.3 is 12.0 Å². The number of nitrogens with one attached hydrogen (secondary N) is 2. The summed E-state index contributed by atoms with van der Waals surface area (Å²) in [5.74, 6) is -0.000838. The predicted octanol–water partition coefficient (Wildman–Crippen LogP) is 4.63. The number of anilines is 2. The van der Waals surface area contributed by atoms with Gasteiger partial charge in [-0.2, -0.15) is 0 Å². The lowest BCUT2D eigenvalue weighted by Gasteiger charge is -2.12. The van der Waals surface area contributed by atoms with Gasteiger partial charge in [-0.15, -0.1) is 0 Å². The molecular weight excluding hydrogens is 398 g/mol. The summed E-state index contributed by atoms with van der Waals surface area (Å²) in [6.45, 7) is 5.97. The van der Waals surface area contributed by atoms with Crippen molar-refractivity contribution in [2.45, 2.75) is 26.2 Å². The monoisotopic (exact) mass is 419 g/mol. The standard InChI is InChI=1S/C22H21N5O4/c1-22(2,3)17-10-18(26-31-17)25-21(30)24-15-7-4-13(5-8-15)16-11-23-19-9-6-14(20(28)29)12-27(16)19/h4-12H,1-3H3,(H,28,29)(H2,24,25,26,30). The van der Waals surface area contributed by atoms with E-state index in [9.17, 15) is 14.7 Å². The number of carboxylic acids is 1. The topological polar surface area (TPSA) is 122 Å². The normalized spacial score (nSPS) is 11.5. The number of carboxylic acid groups (broad SMARTS) is 1. The average molecular weight is 419 g/mol. The molecule has 0 saturated carbocycles. The second-order valence-electron chi connectivity index (χ2n) is 8.08. The third kappa shape index (κ3) is 4.25. The van der Waals surface area contributed by atoms with Gasteiger partial charge in [0, 0.05) is 28.9 Å². The van der Waals surface area contributed by atoms with E-state index < -0.39 is 12.0 Å². The summed E-state index contributed by atoms with van der Waals surface area (Å²) < 4.78 is 6.98. The molecule has 0 aliphatic heterocycles. The fourth-order valence-electron chi connectivity index (χ4n) is 3.01. The van der Waals surface area contributed by atoms with Crippen LogP contribution in [0.2, 0.25) is 0 Å². The Bertz CT molecular complexity index is 1270. The Balaban J connectivity index is 1.48. The Labute approximate surface area is 177 Å². The first-order valence-electron chi connectivity index (χ1n) is 9.57. The summed E-state index contributed by atoms with van der Waals surface area (Å²) in [6.07, 6.45) is 3.21. The number of aromatic carboxylic acids is 1. The van der Waals surface area contributed by atoms with E-state index in [0.29, 0.717) is 22.9 Å². The Hall–Kier alpha value is -4.14. The molecule has 0 unspecified atom stereocenters. The van der Waals surface area contributed by atoms with Gasteiger partial charge in [0.15, 0.2) is 5.82 Å². The molecule has 1 aromatic carbocycles. The van der Waals surface area contributed by atoms with E-state index in [1.54, 1.807) is 34.9 Å². The average Bonchev–Trinajstić information content (AvgIpc) is 3.35. The summed E-state index contributed by atoms with van der Waals surface area (Å²) in [6, 6.07) is 11.6. The number of imidazole rings is 1. The van der Waals surface area contributed by atoms with Gasteiger partial charge in [-0.05, 0) is 24.3 Å². The maximum atomic E-state index is 12.3. The van der Waals surface area contributed by atoms with Crippen molar-refractivity contribution >= 4 is 29.2 Å². The zero-order valence-electron chi connectivity index (χ0n) is 17.2. The van der Waals surface area contributed by atoms with Crippen LogP contribution in [0.15, 0.2) is 59.4 Å². The molecule has 3 N–H and O–H groups in total. The molecule has 3 aromatic heterocycles. The maximum absolute atomic E-state index is 12.3. The highest BCUT2D eigenvalue weighted by Crippen LogP contribution is 2.25. The molecule has 0 spiro atoms. The van der Waals surface area contributed by atoms with Crippen molar-refractivity contribution in [2.75, 3.05) is 10.6 Å². The number of hydrogen-bond donors (Lipinski definition) is 3. The molecule has 0 fully saturated rings. The number of fused-ring (bicyclic) bond motifs is 1. The van der Waals surface area contributed by atoms with Crippen molar-refractivity contribution < 1.29 is 19.2 Å². The lowest BCUT2D eigenvalue weighted by molar-refractivity contribution is 0.0696. The minimum atomic E-state index is -1.01. The van der Waals surface area contributed by atoms with Crippen LogP contribution in [0.3, 0.4) is 0 Å². The molecule has 0 atom stereocenters. The van der Waals surface area contributed by atoms with Crippen molar-refractivity contribution in [1.29, 1.82) is 0 Å². The lowest BCUT2D eigenvalue weighted by Crippen LogP contribution is -2.19. The summed E-state index contributed by atoms with van der Waals surface area (Å²) >= 11 is 0. The predicted molar refractivity (Wildman–Crippen MR) is 115 cm³/mol. The molecule has 0 aliphatic carbocycles. The molecule has 0 bridgehead atoms. The number of benzene rings is 1. The van der Waals surface area contributed by atoms with Crippen LogP contribution in [0.5, 0.6) is 0 Å². The van der Waals surface area contributed by atoms with Crippen molar-refractivity contribution in [1.82, 2.24) is 14.5 Å². The van der Waals surface area contributed by atoms with E-state index in [0.717, 1.165) is 11.3 Å². The van der Waals surface area contributed by atoms with Crippen LogP contribution < -0.4 is 10.6 Å². The first-order valence-corrected chi connectivity index (χ1v) is 9.57. The van der Waals surface area contributed by atoms with Gasteiger partial charge in [-0.1, -0.05) is 38.1 Å². The second-order valence-corrected chi connectivity index (χ2v) is 8.08. The van der Waals surface area contributed by atoms with E-state index in [4.69, 9.17) is 4.52 Å². The van der Waals surface area contributed by atoms with Gasteiger partial charge in [0.1, 0.15) is 11.4 Å². The quantitative estimate of drug-likeness (QED) is 0.443. The van der Waals surface area contributed by atoms with E-state index in [2.05, 4.69) is 20.8 Å². The SMILES string of the molecule is CC(C)(C)c1cc(NC(=O)Nc2ccc(-c3cnc4ccc(C(=O)O)cn34)cc2)no1. The Morgan fingerprint density at radius 2 is 1.81 bits per heavy atom. The molecule has 9 nitrogen and oxygen atoms in total. The van der Waals surface area contributed by atoms with Crippen LogP contribution in [0.25, 0.3) is 16.9 Å². The number of rotatable bonds is 4. The summed E-state index contributed by atoms with van der Waals surface area (Å²) in [5.41, 5.74) is 2.76. The largest absolute Gasteiger partial charge is 0.478 e. The van der Waals surface area contributed by atoms with Crippen LogP contribution in [0.4, 0.5) is 16.3 Å². The lowest BCUT2D eigenvalue weighted by atomic mass is 9.93. The molecular formula is C22H21N5O4. The van der Waals surface area contributed by atoms with Gasteiger partial charge < -0.3 is 14.9 Å². The molecule has 4 aromatic rings. The molecule has 158 valence electrons. The third-order valence-electron chi connectivity index (χ3n) is 4.68. The smallest absolute Gasteiger partial charge is 0.337 e. The maximum Gasteiger partial charge on any atom is 0.337 e. The fraction of sp³-hybridized carbons (Fsp3) is 0.182. The highest BCUT2D eigenvalue weighted by molar-refractivity contribution is 5.99. The molecule has 9 heteroatoms.